The maximum Gasteiger partial charge on any atom is 0.290 e. The second-order valence-electron chi connectivity index (χ2n) is 6.85. The minimum atomic E-state index is -0.313. The Hall–Kier alpha value is -3.25. The zero-order valence-corrected chi connectivity index (χ0v) is 17.1. The molecule has 3 aromatic rings. The molecule has 0 bridgehead atoms. The van der Waals surface area contributed by atoms with Gasteiger partial charge in [0.1, 0.15) is 18.1 Å². The minimum Gasteiger partial charge on any atom is -0.494 e. The van der Waals surface area contributed by atoms with E-state index in [9.17, 15) is 9.59 Å². The first-order chi connectivity index (χ1) is 14.7. The van der Waals surface area contributed by atoms with Gasteiger partial charge in [-0.2, -0.15) is 0 Å². The van der Waals surface area contributed by atoms with E-state index in [2.05, 4.69) is 5.32 Å². The van der Waals surface area contributed by atoms with Crippen LogP contribution in [0.5, 0.6) is 11.5 Å². The van der Waals surface area contributed by atoms with Crippen molar-refractivity contribution < 1.29 is 19.1 Å². The Kier molecular flexibility index (Phi) is 6.35. The summed E-state index contributed by atoms with van der Waals surface area (Å²) in [6, 6.07) is 22.1. The molecule has 0 aliphatic carbocycles. The number of thioether (sulfide) groups is 1. The molecule has 6 heteroatoms. The molecule has 152 valence electrons. The van der Waals surface area contributed by atoms with Gasteiger partial charge in [0, 0.05) is 0 Å². The number of fused-ring (bicyclic) bond motifs is 1. The van der Waals surface area contributed by atoms with Crippen molar-refractivity contribution in [3.8, 4) is 11.5 Å². The molecule has 1 N–H and O–H groups in total. The highest BCUT2D eigenvalue weighted by Crippen LogP contribution is 2.26. The Morgan fingerprint density at radius 1 is 0.867 bits per heavy atom. The number of benzene rings is 3. The van der Waals surface area contributed by atoms with Gasteiger partial charge in [-0.05, 0) is 65.2 Å². The smallest absolute Gasteiger partial charge is 0.290 e. The number of carbonyl (C=O) groups excluding carboxylic acids is 2. The van der Waals surface area contributed by atoms with Crippen LogP contribution in [0, 0.1) is 0 Å². The van der Waals surface area contributed by atoms with Crippen LogP contribution < -0.4 is 14.8 Å². The van der Waals surface area contributed by atoms with Crippen molar-refractivity contribution in [2.24, 2.45) is 0 Å². The fourth-order valence-electron chi connectivity index (χ4n) is 3.09. The average molecular weight is 420 g/mol. The Bertz CT molecular complexity index is 1090. The van der Waals surface area contributed by atoms with Crippen LogP contribution in [0.3, 0.4) is 0 Å². The lowest BCUT2D eigenvalue weighted by molar-refractivity contribution is -0.115. The van der Waals surface area contributed by atoms with Crippen molar-refractivity contribution in [1.29, 1.82) is 0 Å². The fourth-order valence-corrected chi connectivity index (χ4v) is 3.78. The van der Waals surface area contributed by atoms with Gasteiger partial charge in [-0.15, -0.1) is 0 Å². The molecule has 1 saturated heterocycles. The van der Waals surface area contributed by atoms with Gasteiger partial charge in [0.2, 0.25) is 0 Å². The molecule has 30 heavy (non-hydrogen) atoms. The van der Waals surface area contributed by atoms with E-state index < -0.39 is 0 Å². The van der Waals surface area contributed by atoms with Gasteiger partial charge in [0.25, 0.3) is 11.1 Å². The predicted molar refractivity (Wildman–Crippen MR) is 119 cm³/mol. The van der Waals surface area contributed by atoms with Crippen molar-refractivity contribution in [2.45, 2.75) is 19.4 Å². The summed E-state index contributed by atoms with van der Waals surface area (Å²) in [4.78, 5) is 23.1. The highest BCUT2D eigenvalue weighted by Gasteiger charge is 2.24. The second-order valence-corrected chi connectivity index (χ2v) is 7.86. The van der Waals surface area contributed by atoms with Gasteiger partial charge in [-0.25, -0.2) is 0 Å². The third kappa shape index (κ3) is 5.21. The third-order valence-corrected chi connectivity index (χ3v) is 5.48. The summed E-state index contributed by atoms with van der Waals surface area (Å²) in [5.41, 5.74) is 1.13. The number of hydrogen-bond donors (Lipinski definition) is 1. The molecule has 0 spiro atoms. The van der Waals surface area contributed by atoms with Crippen molar-refractivity contribution in [3.05, 3.63) is 83.3 Å². The monoisotopic (exact) mass is 419 g/mol. The summed E-state index contributed by atoms with van der Waals surface area (Å²) in [7, 11) is 0. The number of imide groups is 1. The maximum absolute atomic E-state index is 11.5. The Balaban J connectivity index is 1.28. The Morgan fingerprint density at radius 2 is 1.57 bits per heavy atom. The van der Waals surface area contributed by atoms with Crippen LogP contribution in [0.2, 0.25) is 0 Å². The number of unbranched alkanes of at least 4 members (excludes halogenated alkanes) is 1. The maximum atomic E-state index is 11.5. The van der Waals surface area contributed by atoms with E-state index in [0.29, 0.717) is 24.5 Å². The molecule has 0 atom stereocenters. The molecular formula is C24H21NO4S. The standard InChI is InChI=1S/C24H21NO4S/c26-23-22(30-24(27)25-23)8-4-5-13-28-20-11-9-19-15-21(12-10-18(19)14-20)29-16-17-6-2-1-3-7-17/h1-3,6-12,14-15H,4-5,13,16H2,(H,25,26,27). The second kappa shape index (κ2) is 9.50. The third-order valence-electron chi connectivity index (χ3n) is 4.62. The lowest BCUT2D eigenvalue weighted by Gasteiger charge is -2.09. The molecule has 1 aliphatic rings. The number of rotatable bonds is 8. The number of allylic oxidation sites excluding steroid dienone is 1. The number of carbonyl (C=O) groups is 2. The molecule has 1 fully saturated rings. The quantitative estimate of drug-likeness (QED) is 0.389. The number of amides is 2. The van der Waals surface area contributed by atoms with E-state index in [-0.39, 0.29) is 11.1 Å². The molecule has 1 heterocycles. The van der Waals surface area contributed by atoms with E-state index in [1.54, 1.807) is 6.08 Å². The largest absolute Gasteiger partial charge is 0.494 e. The Morgan fingerprint density at radius 3 is 2.23 bits per heavy atom. The van der Waals surface area contributed by atoms with Gasteiger partial charge in [0.05, 0.1) is 11.5 Å². The molecule has 0 radical (unpaired) electrons. The van der Waals surface area contributed by atoms with Crippen LogP contribution >= 0.6 is 11.8 Å². The molecule has 0 aromatic heterocycles. The van der Waals surface area contributed by atoms with E-state index in [1.165, 1.54) is 0 Å². The first-order valence-electron chi connectivity index (χ1n) is 9.74. The van der Waals surface area contributed by atoms with Crippen LogP contribution in [0.25, 0.3) is 10.8 Å². The van der Waals surface area contributed by atoms with Gasteiger partial charge in [-0.3, -0.25) is 14.9 Å². The van der Waals surface area contributed by atoms with E-state index in [1.807, 2.05) is 66.7 Å². The van der Waals surface area contributed by atoms with Crippen LogP contribution in [-0.2, 0) is 11.4 Å². The molecule has 0 saturated carbocycles. The zero-order chi connectivity index (χ0) is 20.8. The molecule has 0 unspecified atom stereocenters. The summed E-state index contributed by atoms with van der Waals surface area (Å²) < 4.78 is 11.7. The average Bonchev–Trinajstić information content (AvgIpc) is 3.09. The number of ether oxygens (including phenoxy) is 2. The fraction of sp³-hybridized carbons (Fsp3) is 0.167. The number of hydrogen-bond acceptors (Lipinski definition) is 5. The van der Waals surface area contributed by atoms with Gasteiger partial charge >= 0.3 is 0 Å². The van der Waals surface area contributed by atoms with Crippen molar-refractivity contribution >= 4 is 33.7 Å². The van der Waals surface area contributed by atoms with E-state index in [4.69, 9.17) is 9.47 Å². The van der Waals surface area contributed by atoms with Crippen LogP contribution in [0.15, 0.2) is 77.7 Å². The molecule has 4 rings (SSSR count). The van der Waals surface area contributed by atoms with Crippen LogP contribution in [0.1, 0.15) is 18.4 Å². The molecule has 1 aliphatic heterocycles. The van der Waals surface area contributed by atoms with Crippen molar-refractivity contribution in [2.75, 3.05) is 6.61 Å². The van der Waals surface area contributed by atoms with Gasteiger partial charge in [-0.1, -0.05) is 48.5 Å². The molecular weight excluding hydrogens is 398 g/mol. The predicted octanol–water partition coefficient (Wildman–Crippen LogP) is 5.44. The molecule has 2 amide bonds. The van der Waals surface area contributed by atoms with E-state index in [0.717, 1.165) is 46.0 Å². The van der Waals surface area contributed by atoms with Crippen molar-refractivity contribution in [1.82, 2.24) is 5.32 Å². The highest BCUT2D eigenvalue weighted by molar-refractivity contribution is 8.18. The lowest BCUT2D eigenvalue weighted by Crippen LogP contribution is -2.17. The summed E-state index contributed by atoms with van der Waals surface area (Å²) in [5.74, 6) is 1.32. The highest BCUT2D eigenvalue weighted by atomic mass is 32.2. The number of nitrogens with one attached hydrogen (secondary N) is 1. The summed E-state index contributed by atoms with van der Waals surface area (Å²) >= 11 is 0.943. The first kappa shape index (κ1) is 20.0. The summed E-state index contributed by atoms with van der Waals surface area (Å²) in [6.07, 6.45) is 3.22. The SMILES string of the molecule is O=C1NC(=O)C(=CCCCOc2ccc3cc(OCc4ccccc4)ccc3c2)S1. The Labute approximate surface area is 179 Å². The summed E-state index contributed by atoms with van der Waals surface area (Å²) in [6.45, 7) is 1.08. The first-order valence-corrected chi connectivity index (χ1v) is 10.6. The van der Waals surface area contributed by atoms with E-state index >= 15 is 0 Å². The lowest BCUT2D eigenvalue weighted by atomic mass is 10.1. The van der Waals surface area contributed by atoms with Gasteiger partial charge < -0.3 is 9.47 Å². The van der Waals surface area contributed by atoms with Crippen LogP contribution in [-0.4, -0.2) is 17.8 Å². The molecule has 5 nitrogen and oxygen atoms in total. The summed E-state index contributed by atoms with van der Waals surface area (Å²) in [5, 5.41) is 4.11. The normalized spacial score (nSPS) is 14.9. The minimum absolute atomic E-state index is 0.312. The van der Waals surface area contributed by atoms with Gasteiger partial charge in [0.15, 0.2) is 0 Å². The molecule has 3 aromatic carbocycles. The topological polar surface area (TPSA) is 64.6 Å². The van der Waals surface area contributed by atoms with Crippen LogP contribution in [0.4, 0.5) is 4.79 Å². The van der Waals surface area contributed by atoms with Crippen molar-refractivity contribution in [3.63, 3.8) is 0 Å². The zero-order valence-electron chi connectivity index (χ0n) is 16.3.